The van der Waals surface area contributed by atoms with Crippen LogP contribution in [0.2, 0.25) is 0 Å². The number of nitrogens with zero attached hydrogens (tertiary/aromatic N) is 2. The predicted octanol–water partition coefficient (Wildman–Crippen LogP) is 5.29. The molecule has 138 valence electrons. The number of halogens is 2. The second-order valence-corrected chi connectivity index (χ2v) is 7.71. The third-order valence-corrected chi connectivity index (χ3v) is 5.58. The number of aromatic nitrogens is 2. The van der Waals surface area contributed by atoms with Gasteiger partial charge >= 0.3 is 0 Å². The van der Waals surface area contributed by atoms with E-state index in [1.165, 1.54) is 0 Å². The number of aryl methyl sites for hydroxylation is 1. The lowest BCUT2D eigenvalue weighted by Gasteiger charge is -2.27. The first kappa shape index (κ1) is 19.4. The fourth-order valence-corrected chi connectivity index (χ4v) is 3.81. The SMILES string of the molecule is CSc1ccccc1OCOC1(Cl)C=CC(CCn2ccnc2)C(Cl)=C1. The quantitative estimate of drug-likeness (QED) is 0.256. The average Bonchev–Trinajstić information content (AvgIpc) is 3.15. The van der Waals surface area contributed by atoms with Crippen molar-refractivity contribution in [2.24, 2.45) is 5.92 Å². The van der Waals surface area contributed by atoms with Gasteiger partial charge in [0.1, 0.15) is 5.75 Å². The van der Waals surface area contributed by atoms with Crippen LogP contribution in [0.3, 0.4) is 0 Å². The number of rotatable bonds is 8. The van der Waals surface area contributed by atoms with Gasteiger partial charge < -0.3 is 14.0 Å². The normalized spacial score (nSPS) is 22.3. The molecule has 0 radical (unpaired) electrons. The van der Waals surface area contributed by atoms with E-state index in [1.54, 1.807) is 30.4 Å². The van der Waals surface area contributed by atoms with Crippen molar-refractivity contribution >= 4 is 35.0 Å². The van der Waals surface area contributed by atoms with E-state index in [0.717, 1.165) is 23.6 Å². The van der Waals surface area contributed by atoms with Crippen LogP contribution in [0.4, 0.5) is 0 Å². The highest BCUT2D eigenvalue weighted by Gasteiger charge is 2.29. The molecular weight excluding hydrogens is 391 g/mol. The van der Waals surface area contributed by atoms with E-state index in [0.29, 0.717) is 5.03 Å². The van der Waals surface area contributed by atoms with E-state index >= 15 is 0 Å². The maximum atomic E-state index is 6.50. The zero-order valence-corrected chi connectivity index (χ0v) is 16.7. The Morgan fingerprint density at radius 2 is 2.19 bits per heavy atom. The number of hydrogen-bond acceptors (Lipinski definition) is 4. The molecule has 0 bridgehead atoms. The van der Waals surface area contributed by atoms with Crippen molar-refractivity contribution in [2.75, 3.05) is 13.0 Å². The fraction of sp³-hybridized carbons (Fsp3) is 0.316. The third kappa shape index (κ3) is 5.07. The minimum absolute atomic E-state index is 0.0335. The Bertz CT molecular complexity index is 780. The number of imidazole rings is 1. The van der Waals surface area contributed by atoms with E-state index in [4.69, 9.17) is 32.7 Å². The first-order valence-corrected chi connectivity index (χ1v) is 10.2. The predicted molar refractivity (Wildman–Crippen MR) is 107 cm³/mol. The Labute approximate surface area is 167 Å². The van der Waals surface area contributed by atoms with Crippen LogP contribution in [0.25, 0.3) is 0 Å². The molecule has 0 saturated heterocycles. The Balaban J connectivity index is 1.53. The summed E-state index contributed by atoms with van der Waals surface area (Å²) in [5.74, 6) is 0.890. The highest BCUT2D eigenvalue weighted by atomic mass is 35.5. The molecule has 26 heavy (non-hydrogen) atoms. The Morgan fingerprint density at radius 1 is 1.35 bits per heavy atom. The van der Waals surface area contributed by atoms with Gasteiger partial charge in [0.15, 0.2) is 11.9 Å². The van der Waals surface area contributed by atoms with E-state index in [2.05, 4.69) is 4.98 Å². The molecule has 0 saturated carbocycles. The van der Waals surface area contributed by atoms with Gasteiger partial charge in [-0.05, 0) is 37.0 Å². The molecule has 0 fully saturated rings. The summed E-state index contributed by atoms with van der Waals surface area (Å²) in [5, 5.41) is -0.413. The van der Waals surface area contributed by atoms with Crippen molar-refractivity contribution in [2.45, 2.75) is 22.9 Å². The summed E-state index contributed by atoms with van der Waals surface area (Å²) in [6.07, 6.45) is 13.9. The monoisotopic (exact) mass is 410 g/mol. The zero-order valence-electron chi connectivity index (χ0n) is 14.3. The molecule has 1 aliphatic carbocycles. The molecule has 0 spiro atoms. The lowest BCUT2D eigenvalue weighted by Crippen LogP contribution is -2.26. The number of hydrogen-bond donors (Lipinski definition) is 0. The molecule has 1 aliphatic rings. The van der Waals surface area contributed by atoms with Crippen LogP contribution in [0, 0.1) is 5.92 Å². The van der Waals surface area contributed by atoms with Crippen LogP contribution in [0.5, 0.6) is 5.75 Å². The summed E-state index contributed by atoms with van der Waals surface area (Å²) in [6, 6.07) is 7.80. The molecule has 2 aromatic rings. The number of thioether (sulfide) groups is 1. The van der Waals surface area contributed by atoms with Gasteiger partial charge in [-0.1, -0.05) is 41.4 Å². The fourth-order valence-electron chi connectivity index (χ4n) is 2.63. The molecule has 0 N–H and O–H groups in total. The van der Waals surface area contributed by atoms with Gasteiger partial charge in [0.25, 0.3) is 0 Å². The van der Waals surface area contributed by atoms with Crippen molar-refractivity contribution < 1.29 is 9.47 Å². The Hall–Kier alpha value is -1.40. The van der Waals surface area contributed by atoms with Crippen LogP contribution >= 0.6 is 35.0 Å². The molecule has 1 aromatic heterocycles. The minimum atomic E-state index is -1.09. The highest BCUT2D eigenvalue weighted by molar-refractivity contribution is 7.98. The van der Waals surface area contributed by atoms with Crippen molar-refractivity contribution in [3.05, 3.63) is 66.2 Å². The summed E-state index contributed by atoms with van der Waals surface area (Å²) < 4.78 is 13.4. The van der Waals surface area contributed by atoms with Gasteiger partial charge in [0.2, 0.25) is 0 Å². The molecule has 2 atom stereocenters. The van der Waals surface area contributed by atoms with Gasteiger partial charge in [-0.15, -0.1) is 11.8 Å². The zero-order chi connectivity index (χ0) is 18.4. The van der Waals surface area contributed by atoms with E-state index < -0.39 is 5.06 Å². The minimum Gasteiger partial charge on any atom is -0.466 e. The van der Waals surface area contributed by atoms with Gasteiger partial charge in [-0.25, -0.2) is 4.98 Å². The van der Waals surface area contributed by atoms with Crippen molar-refractivity contribution in [3.8, 4) is 5.75 Å². The maximum absolute atomic E-state index is 6.50. The number of para-hydroxylation sites is 1. The Kier molecular flexibility index (Phi) is 6.70. The summed E-state index contributed by atoms with van der Waals surface area (Å²) in [4.78, 5) is 5.09. The summed E-state index contributed by atoms with van der Waals surface area (Å²) in [6.45, 7) is 0.871. The lowest BCUT2D eigenvalue weighted by molar-refractivity contribution is -0.0187. The summed E-state index contributed by atoms with van der Waals surface area (Å²) >= 11 is 14.6. The van der Waals surface area contributed by atoms with Crippen LogP contribution in [0.1, 0.15) is 6.42 Å². The van der Waals surface area contributed by atoms with E-state index in [1.807, 2.05) is 53.4 Å². The molecule has 0 amide bonds. The Morgan fingerprint density at radius 3 is 2.92 bits per heavy atom. The van der Waals surface area contributed by atoms with Crippen LogP contribution in [0.15, 0.2) is 71.1 Å². The van der Waals surface area contributed by atoms with Gasteiger partial charge in [0.05, 0.1) is 6.33 Å². The first-order valence-electron chi connectivity index (χ1n) is 8.22. The molecule has 2 unspecified atom stereocenters. The molecular formula is C19H20Cl2N2O2S. The van der Waals surface area contributed by atoms with Crippen LogP contribution < -0.4 is 4.74 Å². The van der Waals surface area contributed by atoms with Crippen molar-refractivity contribution in [1.82, 2.24) is 9.55 Å². The first-order chi connectivity index (χ1) is 12.6. The van der Waals surface area contributed by atoms with Crippen molar-refractivity contribution in [1.29, 1.82) is 0 Å². The highest BCUT2D eigenvalue weighted by Crippen LogP contribution is 2.35. The number of alkyl halides is 1. The third-order valence-electron chi connectivity index (χ3n) is 4.07. The van der Waals surface area contributed by atoms with Crippen LogP contribution in [-0.2, 0) is 11.3 Å². The lowest BCUT2D eigenvalue weighted by atomic mass is 9.98. The van der Waals surface area contributed by atoms with E-state index in [9.17, 15) is 0 Å². The molecule has 1 aromatic carbocycles. The van der Waals surface area contributed by atoms with Crippen molar-refractivity contribution in [3.63, 3.8) is 0 Å². The van der Waals surface area contributed by atoms with Crippen LogP contribution in [-0.4, -0.2) is 27.7 Å². The van der Waals surface area contributed by atoms with Gasteiger partial charge in [-0.2, -0.15) is 0 Å². The molecule has 3 rings (SSSR count). The number of ether oxygens (including phenoxy) is 2. The summed E-state index contributed by atoms with van der Waals surface area (Å²) in [5.41, 5.74) is 0. The second kappa shape index (κ2) is 9.00. The van der Waals surface area contributed by atoms with Gasteiger partial charge in [0, 0.05) is 34.8 Å². The summed E-state index contributed by atoms with van der Waals surface area (Å²) in [7, 11) is 0. The molecule has 0 aliphatic heterocycles. The largest absolute Gasteiger partial charge is 0.466 e. The number of allylic oxidation sites excluding steroid dienone is 2. The van der Waals surface area contributed by atoms with E-state index in [-0.39, 0.29) is 12.7 Å². The molecule has 7 heteroatoms. The standard InChI is InChI=1S/C19H20Cl2N2O2S/c1-26-18-5-3-2-4-17(18)24-14-25-19(21)8-6-15(16(20)12-19)7-10-23-11-9-22-13-23/h2-6,8-9,11-13,15H,7,10,14H2,1H3. The smallest absolute Gasteiger partial charge is 0.191 e. The number of benzene rings is 1. The molecule has 1 heterocycles. The average molecular weight is 411 g/mol. The van der Waals surface area contributed by atoms with Gasteiger partial charge in [-0.3, -0.25) is 0 Å². The second-order valence-electron chi connectivity index (χ2n) is 5.84. The molecule has 4 nitrogen and oxygen atoms in total. The maximum Gasteiger partial charge on any atom is 0.191 e. The topological polar surface area (TPSA) is 36.3 Å².